The highest BCUT2D eigenvalue weighted by atomic mass is 14.8. The first-order valence-electron chi connectivity index (χ1n) is 14.8. The van der Waals surface area contributed by atoms with Crippen LogP contribution in [0.15, 0.2) is 110 Å². The van der Waals surface area contributed by atoms with Crippen LogP contribution >= 0.6 is 0 Å². The molecule has 8 aromatic rings. The molecular weight excluding hydrogens is 592 g/mol. The molecule has 4 aromatic heterocycles. The van der Waals surface area contributed by atoms with Crippen LogP contribution < -0.4 is 0 Å². The van der Waals surface area contributed by atoms with Crippen molar-refractivity contribution in [2.45, 2.75) is 0 Å². The van der Waals surface area contributed by atoms with Gasteiger partial charge in [-0.2, -0.15) is 10.5 Å². The Balaban J connectivity index is 1.60. The maximum absolute atomic E-state index is 9.69. The molecular formula is C40H18N8. The summed E-state index contributed by atoms with van der Waals surface area (Å²) in [5.74, 6) is 0.284. The van der Waals surface area contributed by atoms with Gasteiger partial charge in [-0.15, -0.1) is 4.98 Å². The first-order chi connectivity index (χ1) is 23.6. The Morgan fingerprint density at radius 1 is 0.500 bits per heavy atom. The standard InChI is InChI=1S/C40H18N8/c1-43-37-22-45-11-10-28(37)36-19-35(25-9-14-48-38(17-25)44-2)31-4-3-29-33(23-7-12-46-26(15-23)20-41)18-34(24-8-13-47-27(16-24)21-42)30-5-6-32(36)40(31)39(29)30/h3-19,22H. The predicted molar refractivity (Wildman–Crippen MR) is 185 cm³/mol. The number of nitrogens with zero attached hydrogens (tertiary/aromatic N) is 8. The zero-order valence-electron chi connectivity index (χ0n) is 25.0. The Labute approximate surface area is 274 Å². The molecule has 0 atom stereocenters. The molecule has 218 valence electrons. The smallest absolute Gasteiger partial charge is 0.270 e. The molecule has 0 saturated heterocycles. The first kappa shape index (κ1) is 28.0. The van der Waals surface area contributed by atoms with Crippen LogP contribution in [0.4, 0.5) is 11.5 Å². The lowest BCUT2D eigenvalue weighted by Crippen LogP contribution is -1.95. The number of hydrogen-bond donors (Lipinski definition) is 0. The highest BCUT2D eigenvalue weighted by molar-refractivity contribution is 6.32. The zero-order chi connectivity index (χ0) is 32.8. The molecule has 4 heterocycles. The minimum absolute atomic E-state index is 0.284. The maximum atomic E-state index is 9.69. The molecule has 8 heteroatoms. The highest BCUT2D eigenvalue weighted by Crippen LogP contribution is 2.49. The van der Waals surface area contributed by atoms with Gasteiger partial charge in [0.1, 0.15) is 29.7 Å². The van der Waals surface area contributed by atoms with Crippen molar-refractivity contribution in [3.63, 3.8) is 0 Å². The summed E-state index contributed by atoms with van der Waals surface area (Å²) in [5.41, 5.74) is 7.83. The summed E-state index contributed by atoms with van der Waals surface area (Å²) < 4.78 is 0. The van der Waals surface area contributed by atoms with E-state index in [-0.39, 0.29) is 5.82 Å². The van der Waals surface area contributed by atoms with Crippen molar-refractivity contribution in [3.05, 3.63) is 144 Å². The van der Waals surface area contributed by atoms with Crippen LogP contribution in [0.5, 0.6) is 0 Å². The number of hydrogen-bond acceptors (Lipinski definition) is 6. The lowest BCUT2D eigenvalue weighted by atomic mass is 9.82. The highest BCUT2D eigenvalue weighted by Gasteiger charge is 2.22. The van der Waals surface area contributed by atoms with Crippen molar-refractivity contribution in [2.75, 3.05) is 0 Å². The van der Waals surface area contributed by atoms with Crippen LogP contribution in [0.3, 0.4) is 0 Å². The van der Waals surface area contributed by atoms with E-state index < -0.39 is 0 Å². The fraction of sp³-hybridized carbons (Fsp3) is 0. The normalized spacial score (nSPS) is 10.8. The van der Waals surface area contributed by atoms with Gasteiger partial charge in [0.15, 0.2) is 0 Å². The molecule has 0 bridgehead atoms. The molecule has 0 N–H and O–H groups in total. The molecule has 0 aliphatic carbocycles. The van der Waals surface area contributed by atoms with Gasteiger partial charge in [0.05, 0.1) is 6.57 Å². The van der Waals surface area contributed by atoms with Crippen molar-refractivity contribution in [1.82, 2.24) is 19.9 Å². The van der Waals surface area contributed by atoms with Gasteiger partial charge in [0, 0.05) is 24.8 Å². The lowest BCUT2D eigenvalue weighted by molar-refractivity contribution is 1.26. The van der Waals surface area contributed by atoms with Gasteiger partial charge in [-0.1, -0.05) is 30.8 Å². The molecule has 0 saturated carbocycles. The van der Waals surface area contributed by atoms with Gasteiger partial charge in [-0.3, -0.25) is 4.98 Å². The Hall–Kier alpha value is -7.52. The molecule has 0 amide bonds. The summed E-state index contributed by atoms with van der Waals surface area (Å²) in [4.78, 5) is 24.2. The molecule has 0 fully saturated rings. The maximum Gasteiger partial charge on any atom is 0.270 e. The molecule has 8 rings (SSSR count). The molecule has 48 heavy (non-hydrogen) atoms. The summed E-state index contributed by atoms with van der Waals surface area (Å²) in [5, 5.41) is 25.2. The molecule has 0 unspecified atom stereocenters. The number of benzene rings is 4. The second-order valence-electron chi connectivity index (χ2n) is 11.1. The van der Waals surface area contributed by atoms with Gasteiger partial charge in [0.25, 0.3) is 5.82 Å². The van der Waals surface area contributed by atoms with E-state index in [4.69, 9.17) is 13.1 Å². The van der Waals surface area contributed by atoms with Crippen LogP contribution in [-0.4, -0.2) is 19.9 Å². The van der Waals surface area contributed by atoms with Crippen LogP contribution in [0.1, 0.15) is 11.4 Å². The van der Waals surface area contributed by atoms with Gasteiger partial charge >= 0.3 is 0 Å². The Morgan fingerprint density at radius 3 is 1.52 bits per heavy atom. The molecule has 0 spiro atoms. The summed E-state index contributed by atoms with van der Waals surface area (Å²) >= 11 is 0. The Morgan fingerprint density at radius 2 is 1.00 bits per heavy atom. The lowest BCUT2D eigenvalue weighted by Gasteiger charge is -2.21. The average molecular weight is 611 g/mol. The SMILES string of the molecule is [C-]#[N+]c1cc(-c2cc(-c3ccncc3[N+]#[C-])c3ccc4c(-c5ccnc(C#N)c5)cc(-c5ccnc(C#N)c5)c5ccc2c3c54)ccn1. The first-order valence-corrected chi connectivity index (χ1v) is 14.8. The van der Waals surface area contributed by atoms with Crippen molar-refractivity contribution >= 4 is 43.8 Å². The monoisotopic (exact) mass is 610 g/mol. The topological polar surface area (TPSA) is 108 Å². The van der Waals surface area contributed by atoms with E-state index in [0.717, 1.165) is 76.8 Å². The van der Waals surface area contributed by atoms with E-state index >= 15 is 0 Å². The zero-order valence-corrected chi connectivity index (χ0v) is 25.0. The largest absolute Gasteiger partial charge is 0.361 e. The van der Waals surface area contributed by atoms with Crippen molar-refractivity contribution in [3.8, 4) is 56.6 Å². The van der Waals surface area contributed by atoms with Crippen molar-refractivity contribution in [1.29, 1.82) is 10.5 Å². The molecule has 8 nitrogen and oxygen atoms in total. The molecule has 0 radical (unpaired) electrons. The summed E-state index contributed by atoms with van der Waals surface area (Å²) in [6.45, 7) is 15.5. The average Bonchev–Trinajstić information content (AvgIpc) is 3.16. The van der Waals surface area contributed by atoms with Gasteiger partial charge in [0.2, 0.25) is 5.69 Å². The van der Waals surface area contributed by atoms with Crippen LogP contribution in [-0.2, 0) is 0 Å². The number of nitriles is 2. The van der Waals surface area contributed by atoms with E-state index in [9.17, 15) is 10.5 Å². The van der Waals surface area contributed by atoms with E-state index in [1.54, 1.807) is 49.2 Å². The molecule has 4 aromatic carbocycles. The van der Waals surface area contributed by atoms with E-state index in [1.807, 2.05) is 24.3 Å². The van der Waals surface area contributed by atoms with Crippen LogP contribution in [0.25, 0.3) is 86.5 Å². The summed E-state index contributed by atoms with van der Waals surface area (Å²) in [6.07, 6.45) is 8.17. The fourth-order valence-electron chi connectivity index (χ4n) is 6.60. The number of rotatable bonds is 4. The third kappa shape index (κ3) is 4.35. The summed E-state index contributed by atoms with van der Waals surface area (Å²) in [6, 6.07) is 29.7. The Bertz CT molecular complexity index is 2710. The third-order valence-corrected chi connectivity index (χ3v) is 8.65. The molecule has 0 aliphatic rings. The van der Waals surface area contributed by atoms with Gasteiger partial charge < -0.3 is 4.85 Å². The van der Waals surface area contributed by atoms with Gasteiger partial charge in [-0.25, -0.2) is 14.8 Å². The predicted octanol–water partition coefficient (Wildman–Crippen LogP) is 9.68. The van der Waals surface area contributed by atoms with E-state index in [2.05, 4.69) is 78.2 Å². The number of aromatic nitrogens is 4. The van der Waals surface area contributed by atoms with Crippen molar-refractivity contribution in [2.24, 2.45) is 0 Å². The molecule has 0 aliphatic heterocycles. The quantitative estimate of drug-likeness (QED) is 0.145. The van der Waals surface area contributed by atoms with Crippen molar-refractivity contribution < 1.29 is 0 Å². The third-order valence-electron chi connectivity index (χ3n) is 8.65. The van der Waals surface area contributed by atoms with Crippen LogP contribution in [0.2, 0.25) is 0 Å². The number of pyridine rings is 4. The Kier molecular flexibility index (Phi) is 6.49. The second-order valence-corrected chi connectivity index (χ2v) is 11.1. The minimum atomic E-state index is 0.284. The minimum Gasteiger partial charge on any atom is -0.361 e. The van der Waals surface area contributed by atoms with Gasteiger partial charge in [-0.05, 0) is 131 Å². The van der Waals surface area contributed by atoms with Crippen LogP contribution in [0, 0.1) is 35.8 Å². The fourth-order valence-corrected chi connectivity index (χ4v) is 6.60. The van der Waals surface area contributed by atoms with E-state index in [1.165, 1.54) is 0 Å². The second kappa shape index (κ2) is 11.1. The summed E-state index contributed by atoms with van der Waals surface area (Å²) in [7, 11) is 0. The van der Waals surface area contributed by atoms with E-state index in [0.29, 0.717) is 17.1 Å².